The van der Waals surface area contributed by atoms with E-state index >= 15 is 0 Å². The lowest BCUT2D eigenvalue weighted by Gasteiger charge is -2.47. The molecule has 1 aliphatic rings. The van der Waals surface area contributed by atoms with Crippen LogP contribution in [0.1, 0.15) is 41.0 Å². The van der Waals surface area contributed by atoms with Crippen molar-refractivity contribution in [3.63, 3.8) is 0 Å². The Hall–Kier alpha value is -0.650. The number of nitrogens with one attached hydrogen (secondary N) is 1. The molecular weight excluding hydrogens is 256 g/mol. The van der Waals surface area contributed by atoms with Crippen molar-refractivity contribution in [3.8, 4) is 0 Å². The Labute approximate surface area is 123 Å². The van der Waals surface area contributed by atoms with Gasteiger partial charge in [-0.3, -0.25) is 9.69 Å². The van der Waals surface area contributed by atoms with Crippen LogP contribution in [0.25, 0.3) is 0 Å². The van der Waals surface area contributed by atoms with Crippen molar-refractivity contribution in [2.24, 2.45) is 0 Å². The number of nitrogens with zero attached hydrogens (tertiary/aromatic N) is 1. The second kappa shape index (κ2) is 6.87. The maximum absolute atomic E-state index is 12.1. The maximum atomic E-state index is 12.1. The second-order valence-electron chi connectivity index (χ2n) is 6.47. The largest absolute Gasteiger partial charge is 0.468 e. The number of likely N-dealkylation sites (N-methyl/N-ethyl adjacent to an activating group) is 1. The zero-order chi connectivity index (χ0) is 15.4. The first-order chi connectivity index (χ1) is 9.27. The van der Waals surface area contributed by atoms with Gasteiger partial charge in [0, 0.05) is 18.1 Å². The molecule has 0 amide bonds. The first-order valence-electron chi connectivity index (χ1n) is 7.45. The van der Waals surface area contributed by atoms with E-state index in [0.717, 1.165) is 32.7 Å². The van der Waals surface area contributed by atoms with Crippen LogP contribution in [-0.2, 0) is 14.3 Å². The smallest absolute Gasteiger partial charge is 0.325 e. The molecule has 1 N–H and O–H groups in total. The number of ether oxygens (including phenoxy) is 2. The Morgan fingerprint density at radius 3 is 2.70 bits per heavy atom. The molecule has 0 spiro atoms. The fourth-order valence-corrected chi connectivity index (χ4v) is 3.23. The fourth-order valence-electron chi connectivity index (χ4n) is 3.23. The van der Waals surface area contributed by atoms with E-state index in [9.17, 15) is 4.79 Å². The highest BCUT2D eigenvalue weighted by Crippen LogP contribution is 2.26. The number of hydrogen-bond donors (Lipinski definition) is 1. The third-order valence-corrected chi connectivity index (χ3v) is 4.15. The summed E-state index contributed by atoms with van der Waals surface area (Å²) < 4.78 is 10.5. The average Bonchev–Trinajstić information content (AvgIpc) is 2.37. The summed E-state index contributed by atoms with van der Waals surface area (Å²) in [5.41, 5.74) is -0.641. The quantitative estimate of drug-likeness (QED) is 0.748. The molecule has 118 valence electrons. The molecule has 1 fully saturated rings. The molecule has 1 saturated heterocycles. The monoisotopic (exact) mass is 286 g/mol. The number of esters is 1. The number of carbonyl (C=O) groups excluding carboxylic acids is 1. The molecule has 0 aliphatic carbocycles. The van der Waals surface area contributed by atoms with Crippen molar-refractivity contribution in [2.45, 2.75) is 58.2 Å². The molecule has 1 rings (SSSR count). The highest BCUT2D eigenvalue weighted by atomic mass is 16.5. The van der Waals surface area contributed by atoms with E-state index in [-0.39, 0.29) is 17.6 Å². The van der Waals surface area contributed by atoms with Gasteiger partial charge in [0.25, 0.3) is 0 Å². The van der Waals surface area contributed by atoms with E-state index in [4.69, 9.17) is 9.47 Å². The molecular formula is C15H30N2O3. The van der Waals surface area contributed by atoms with Crippen molar-refractivity contribution >= 4 is 5.97 Å². The standard InChI is InChI=1S/C15H30N2O3/c1-7-16-15(5,13(18)19-6)10-12(2)17-8-9-20-11-14(17,3)4/h12,16H,7-11H2,1-6H3. The third kappa shape index (κ3) is 3.93. The molecule has 0 bridgehead atoms. The molecule has 0 aromatic heterocycles. The Bertz CT molecular complexity index is 333. The van der Waals surface area contributed by atoms with Crippen LogP contribution in [0.4, 0.5) is 0 Å². The minimum Gasteiger partial charge on any atom is -0.468 e. The van der Waals surface area contributed by atoms with Gasteiger partial charge < -0.3 is 14.8 Å². The lowest BCUT2D eigenvalue weighted by atomic mass is 9.90. The second-order valence-corrected chi connectivity index (χ2v) is 6.47. The Morgan fingerprint density at radius 1 is 1.55 bits per heavy atom. The van der Waals surface area contributed by atoms with Gasteiger partial charge in [-0.2, -0.15) is 0 Å². The summed E-state index contributed by atoms with van der Waals surface area (Å²) in [4.78, 5) is 14.5. The topological polar surface area (TPSA) is 50.8 Å². The zero-order valence-corrected chi connectivity index (χ0v) is 13.8. The van der Waals surface area contributed by atoms with Crippen LogP contribution >= 0.6 is 0 Å². The zero-order valence-electron chi connectivity index (χ0n) is 13.8. The highest BCUT2D eigenvalue weighted by Gasteiger charge is 2.40. The minimum absolute atomic E-state index is 0.000903. The molecule has 2 atom stereocenters. The van der Waals surface area contributed by atoms with Crippen molar-refractivity contribution in [1.29, 1.82) is 0 Å². The summed E-state index contributed by atoms with van der Waals surface area (Å²) in [5, 5.41) is 3.27. The molecule has 0 aromatic carbocycles. The van der Waals surface area contributed by atoms with Crippen LogP contribution in [-0.4, -0.2) is 61.4 Å². The SMILES string of the molecule is CCNC(C)(CC(C)N1CCOCC1(C)C)C(=O)OC. The molecule has 20 heavy (non-hydrogen) atoms. The normalized spacial score (nSPS) is 23.9. The molecule has 0 radical (unpaired) electrons. The van der Waals surface area contributed by atoms with E-state index in [0.29, 0.717) is 0 Å². The van der Waals surface area contributed by atoms with E-state index in [1.807, 2.05) is 13.8 Å². The van der Waals surface area contributed by atoms with Gasteiger partial charge in [0.2, 0.25) is 0 Å². The van der Waals surface area contributed by atoms with Gasteiger partial charge >= 0.3 is 5.97 Å². The van der Waals surface area contributed by atoms with Crippen LogP contribution in [0.3, 0.4) is 0 Å². The molecule has 1 aliphatic heterocycles. The predicted molar refractivity (Wildman–Crippen MR) is 79.8 cm³/mol. The van der Waals surface area contributed by atoms with Gasteiger partial charge in [-0.25, -0.2) is 0 Å². The minimum atomic E-state index is -0.642. The summed E-state index contributed by atoms with van der Waals surface area (Å²) in [5.74, 6) is -0.197. The number of carbonyl (C=O) groups is 1. The van der Waals surface area contributed by atoms with Crippen molar-refractivity contribution in [2.75, 3.05) is 33.4 Å². The molecule has 2 unspecified atom stereocenters. The number of rotatable bonds is 6. The maximum Gasteiger partial charge on any atom is 0.325 e. The van der Waals surface area contributed by atoms with Gasteiger partial charge in [-0.15, -0.1) is 0 Å². The van der Waals surface area contributed by atoms with Gasteiger partial charge in [0.1, 0.15) is 5.54 Å². The lowest BCUT2D eigenvalue weighted by Crippen LogP contribution is -2.60. The third-order valence-electron chi connectivity index (χ3n) is 4.15. The van der Waals surface area contributed by atoms with Crippen molar-refractivity contribution in [1.82, 2.24) is 10.2 Å². The Morgan fingerprint density at radius 2 is 2.20 bits per heavy atom. The summed E-state index contributed by atoms with van der Waals surface area (Å²) in [7, 11) is 1.45. The Balaban J connectivity index is 2.79. The molecule has 5 nitrogen and oxygen atoms in total. The van der Waals surface area contributed by atoms with Gasteiger partial charge in [-0.05, 0) is 40.7 Å². The Kier molecular flexibility index (Phi) is 5.98. The summed E-state index contributed by atoms with van der Waals surface area (Å²) in [6.07, 6.45) is 0.719. The van der Waals surface area contributed by atoms with Crippen molar-refractivity contribution in [3.05, 3.63) is 0 Å². The molecule has 5 heteroatoms. The van der Waals surface area contributed by atoms with E-state index < -0.39 is 5.54 Å². The molecule has 0 saturated carbocycles. The first-order valence-corrected chi connectivity index (χ1v) is 7.45. The highest BCUT2D eigenvalue weighted by molar-refractivity contribution is 5.80. The van der Waals surface area contributed by atoms with Crippen LogP contribution in [0.5, 0.6) is 0 Å². The van der Waals surface area contributed by atoms with Gasteiger partial charge in [0.05, 0.1) is 20.3 Å². The molecule has 0 aromatic rings. The van der Waals surface area contributed by atoms with Crippen molar-refractivity contribution < 1.29 is 14.3 Å². The number of hydrogen-bond acceptors (Lipinski definition) is 5. The van der Waals surface area contributed by atoms with E-state index in [1.54, 1.807) is 0 Å². The summed E-state index contributed by atoms with van der Waals surface area (Å²) >= 11 is 0. The molecule has 1 heterocycles. The summed E-state index contributed by atoms with van der Waals surface area (Å²) in [6.45, 7) is 13.6. The van der Waals surface area contributed by atoms with Gasteiger partial charge in [0.15, 0.2) is 0 Å². The predicted octanol–water partition coefficient (Wildman–Crippen LogP) is 1.42. The average molecular weight is 286 g/mol. The first kappa shape index (κ1) is 17.4. The van der Waals surface area contributed by atoms with Gasteiger partial charge in [-0.1, -0.05) is 6.92 Å². The number of morpholine rings is 1. The number of methoxy groups -OCH3 is 1. The van der Waals surface area contributed by atoms with Crippen LogP contribution < -0.4 is 5.32 Å². The van der Waals surface area contributed by atoms with Crippen LogP contribution in [0, 0.1) is 0 Å². The van der Waals surface area contributed by atoms with E-state index in [1.165, 1.54) is 7.11 Å². The fraction of sp³-hybridized carbons (Fsp3) is 0.933. The van der Waals surface area contributed by atoms with Crippen LogP contribution in [0.2, 0.25) is 0 Å². The summed E-state index contributed by atoms with van der Waals surface area (Å²) in [6, 6.07) is 0.275. The van der Waals surface area contributed by atoms with Crippen LogP contribution in [0.15, 0.2) is 0 Å². The lowest BCUT2D eigenvalue weighted by molar-refractivity contribution is -0.149. The van der Waals surface area contributed by atoms with E-state index in [2.05, 4.69) is 31.0 Å².